The summed E-state index contributed by atoms with van der Waals surface area (Å²) in [5.74, 6) is 1.12. The number of anilines is 1. The first-order chi connectivity index (χ1) is 9.79. The number of nitrogens with zero attached hydrogens (tertiary/aromatic N) is 2. The molecule has 3 rings (SSSR count). The standard InChI is InChI=1S/C17H21N3/c1-13-7-9-20(10-8-13)17-16-6-4-3-5-15(16)14(11-18-2)12-19-17/h3-7,12,18H,8-11H2,1-2H3. The highest BCUT2D eigenvalue weighted by atomic mass is 15.2. The first-order valence-corrected chi connectivity index (χ1v) is 7.21. The smallest absolute Gasteiger partial charge is 0.136 e. The van der Waals surface area contributed by atoms with Crippen molar-refractivity contribution in [2.75, 3.05) is 25.0 Å². The summed E-state index contributed by atoms with van der Waals surface area (Å²) in [5, 5.41) is 5.78. The third-order valence-corrected chi connectivity index (χ3v) is 3.96. The van der Waals surface area contributed by atoms with Gasteiger partial charge in [0, 0.05) is 31.2 Å². The van der Waals surface area contributed by atoms with E-state index < -0.39 is 0 Å². The molecule has 1 aromatic carbocycles. The highest BCUT2D eigenvalue weighted by Crippen LogP contribution is 2.28. The third kappa shape index (κ3) is 2.41. The van der Waals surface area contributed by atoms with Gasteiger partial charge in [0.15, 0.2) is 0 Å². The summed E-state index contributed by atoms with van der Waals surface area (Å²) in [4.78, 5) is 7.10. The van der Waals surface area contributed by atoms with Crippen molar-refractivity contribution in [3.8, 4) is 0 Å². The normalized spacial score (nSPS) is 15.5. The van der Waals surface area contributed by atoms with Crippen LogP contribution in [0.1, 0.15) is 18.9 Å². The molecule has 0 radical (unpaired) electrons. The maximum absolute atomic E-state index is 4.73. The van der Waals surface area contributed by atoms with Gasteiger partial charge in [-0.25, -0.2) is 4.98 Å². The maximum atomic E-state index is 4.73. The number of fused-ring (bicyclic) bond motifs is 1. The van der Waals surface area contributed by atoms with Gasteiger partial charge in [-0.3, -0.25) is 0 Å². The van der Waals surface area contributed by atoms with Crippen LogP contribution in [0.15, 0.2) is 42.1 Å². The van der Waals surface area contributed by atoms with Crippen molar-refractivity contribution in [2.24, 2.45) is 0 Å². The molecule has 0 saturated carbocycles. The predicted octanol–water partition coefficient (Wildman–Crippen LogP) is 3.11. The van der Waals surface area contributed by atoms with Crippen molar-refractivity contribution >= 4 is 16.6 Å². The van der Waals surface area contributed by atoms with Gasteiger partial charge in [-0.05, 0) is 31.3 Å². The van der Waals surface area contributed by atoms with Crippen molar-refractivity contribution < 1.29 is 0 Å². The second kappa shape index (κ2) is 5.63. The quantitative estimate of drug-likeness (QED) is 0.866. The van der Waals surface area contributed by atoms with E-state index in [0.29, 0.717) is 0 Å². The maximum Gasteiger partial charge on any atom is 0.136 e. The number of aromatic nitrogens is 1. The van der Waals surface area contributed by atoms with Gasteiger partial charge in [-0.2, -0.15) is 0 Å². The van der Waals surface area contributed by atoms with Crippen LogP contribution in [0.25, 0.3) is 10.8 Å². The van der Waals surface area contributed by atoms with Gasteiger partial charge in [0.1, 0.15) is 5.82 Å². The summed E-state index contributed by atoms with van der Waals surface area (Å²) in [7, 11) is 1.97. The Bertz CT molecular complexity index is 646. The molecule has 0 spiro atoms. The molecule has 0 unspecified atom stereocenters. The lowest BCUT2D eigenvalue weighted by atomic mass is 10.1. The van der Waals surface area contributed by atoms with Gasteiger partial charge in [0.05, 0.1) is 0 Å². The van der Waals surface area contributed by atoms with Crippen LogP contribution >= 0.6 is 0 Å². The van der Waals surface area contributed by atoms with E-state index in [9.17, 15) is 0 Å². The minimum atomic E-state index is 0.854. The van der Waals surface area contributed by atoms with E-state index in [2.05, 4.69) is 47.5 Å². The van der Waals surface area contributed by atoms with Gasteiger partial charge in [0.2, 0.25) is 0 Å². The van der Waals surface area contributed by atoms with E-state index in [1.165, 1.54) is 21.9 Å². The van der Waals surface area contributed by atoms with E-state index in [-0.39, 0.29) is 0 Å². The minimum absolute atomic E-state index is 0.854. The van der Waals surface area contributed by atoms with E-state index >= 15 is 0 Å². The van der Waals surface area contributed by atoms with Crippen molar-refractivity contribution in [3.63, 3.8) is 0 Å². The van der Waals surface area contributed by atoms with Crippen molar-refractivity contribution in [1.29, 1.82) is 0 Å². The zero-order valence-corrected chi connectivity index (χ0v) is 12.2. The van der Waals surface area contributed by atoms with Crippen LogP contribution in [0, 0.1) is 0 Å². The molecule has 104 valence electrons. The van der Waals surface area contributed by atoms with Crippen molar-refractivity contribution in [3.05, 3.63) is 47.7 Å². The van der Waals surface area contributed by atoms with E-state index in [0.717, 1.165) is 31.9 Å². The minimum Gasteiger partial charge on any atom is -0.352 e. The number of rotatable bonds is 3. The first-order valence-electron chi connectivity index (χ1n) is 7.21. The Balaban J connectivity index is 2.06. The fourth-order valence-electron chi connectivity index (χ4n) is 2.78. The van der Waals surface area contributed by atoms with E-state index in [1.807, 2.05) is 13.2 Å². The van der Waals surface area contributed by atoms with Gasteiger partial charge < -0.3 is 10.2 Å². The lowest BCUT2D eigenvalue weighted by Crippen LogP contribution is -2.29. The molecule has 2 heterocycles. The fraction of sp³-hybridized carbons (Fsp3) is 0.353. The molecule has 20 heavy (non-hydrogen) atoms. The molecular formula is C17H21N3. The largest absolute Gasteiger partial charge is 0.352 e. The SMILES string of the molecule is CNCc1cnc(N2CC=C(C)CC2)c2ccccc12. The average Bonchev–Trinajstić information content (AvgIpc) is 2.49. The van der Waals surface area contributed by atoms with Crippen molar-refractivity contribution in [2.45, 2.75) is 19.9 Å². The summed E-state index contributed by atoms with van der Waals surface area (Å²) in [6, 6.07) is 8.58. The topological polar surface area (TPSA) is 28.2 Å². The van der Waals surface area contributed by atoms with Crippen LogP contribution in [0.4, 0.5) is 5.82 Å². The Morgan fingerprint density at radius 1 is 1.25 bits per heavy atom. The summed E-state index contributed by atoms with van der Waals surface area (Å²) in [6.45, 7) is 5.09. The summed E-state index contributed by atoms with van der Waals surface area (Å²) < 4.78 is 0. The van der Waals surface area contributed by atoms with Gasteiger partial charge in [0.25, 0.3) is 0 Å². The summed E-state index contributed by atoms with van der Waals surface area (Å²) in [5.41, 5.74) is 2.74. The Morgan fingerprint density at radius 3 is 2.75 bits per heavy atom. The Kier molecular flexibility index (Phi) is 3.70. The number of hydrogen-bond donors (Lipinski definition) is 1. The molecule has 0 atom stereocenters. The monoisotopic (exact) mass is 267 g/mol. The number of hydrogen-bond acceptors (Lipinski definition) is 3. The molecule has 1 N–H and O–H groups in total. The molecule has 1 aliphatic rings. The van der Waals surface area contributed by atoms with Crippen LogP contribution < -0.4 is 10.2 Å². The van der Waals surface area contributed by atoms with Crippen LogP contribution in [0.2, 0.25) is 0 Å². The van der Waals surface area contributed by atoms with Crippen molar-refractivity contribution in [1.82, 2.24) is 10.3 Å². The summed E-state index contributed by atoms with van der Waals surface area (Å²) in [6.07, 6.45) is 5.45. The average molecular weight is 267 g/mol. The molecule has 0 fully saturated rings. The van der Waals surface area contributed by atoms with E-state index in [1.54, 1.807) is 0 Å². The highest BCUT2D eigenvalue weighted by Gasteiger charge is 2.15. The molecule has 2 aromatic rings. The van der Waals surface area contributed by atoms with Crippen LogP contribution in [0.5, 0.6) is 0 Å². The van der Waals surface area contributed by atoms with Gasteiger partial charge in [-0.15, -0.1) is 0 Å². The van der Waals surface area contributed by atoms with E-state index in [4.69, 9.17) is 4.98 Å². The molecule has 1 aliphatic heterocycles. The van der Waals surface area contributed by atoms with Gasteiger partial charge in [-0.1, -0.05) is 35.9 Å². The molecule has 3 heteroatoms. The molecule has 0 saturated heterocycles. The molecule has 1 aromatic heterocycles. The Morgan fingerprint density at radius 2 is 2.05 bits per heavy atom. The Labute approximate surface area is 120 Å². The third-order valence-electron chi connectivity index (χ3n) is 3.96. The fourth-order valence-corrected chi connectivity index (χ4v) is 2.78. The highest BCUT2D eigenvalue weighted by molar-refractivity contribution is 5.94. The molecule has 0 aliphatic carbocycles. The molecular weight excluding hydrogens is 246 g/mol. The number of nitrogens with one attached hydrogen (secondary N) is 1. The Hall–Kier alpha value is -1.87. The molecule has 0 bridgehead atoms. The lowest BCUT2D eigenvalue weighted by Gasteiger charge is -2.28. The lowest BCUT2D eigenvalue weighted by molar-refractivity contribution is 0.775. The van der Waals surface area contributed by atoms with Crippen LogP contribution in [0.3, 0.4) is 0 Å². The number of pyridine rings is 1. The summed E-state index contributed by atoms with van der Waals surface area (Å²) >= 11 is 0. The number of benzene rings is 1. The molecule has 0 amide bonds. The van der Waals surface area contributed by atoms with Crippen LogP contribution in [-0.4, -0.2) is 25.1 Å². The zero-order valence-electron chi connectivity index (χ0n) is 12.2. The predicted molar refractivity (Wildman–Crippen MR) is 85.1 cm³/mol. The molecule has 3 nitrogen and oxygen atoms in total. The first kappa shape index (κ1) is 13.1. The van der Waals surface area contributed by atoms with Gasteiger partial charge >= 0.3 is 0 Å². The second-order valence-electron chi connectivity index (χ2n) is 5.43. The zero-order chi connectivity index (χ0) is 13.9. The van der Waals surface area contributed by atoms with Crippen LogP contribution in [-0.2, 0) is 6.54 Å². The second-order valence-corrected chi connectivity index (χ2v) is 5.43.